The second kappa shape index (κ2) is 7.96. The van der Waals surface area contributed by atoms with Crippen molar-refractivity contribution in [3.05, 3.63) is 47.7 Å². The van der Waals surface area contributed by atoms with Crippen molar-refractivity contribution in [3.63, 3.8) is 0 Å². The zero-order valence-electron chi connectivity index (χ0n) is 14.7. The molecule has 1 fully saturated rings. The van der Waals surface area contributed by atoms with Crippen molar-refractivity contribution < 1.29 is 9.53 Å². The standard InChI is InChI=1S/C19H24N4O2/c1-20-18-9-8-16(21-22-18)11-14-5-4-10-23(13-14)19(24)15-6-3-7-17(12-15)25-2/h3,6-9,12,14H,4-5,10-11,13H2,1-2H3,(H,20,22)/t14-/m0/s1. The van der Waals surface area contributed by atoms with E-state index in [1.54, 1.807) is 13.2 Å². The molecule has 1 N–H and O–H groups in total. The highest BCUT2D eigenvalue weighted by Crippen LogP contribution is 2.23. The van der Waals surface area contributed by atoms with Crippen molar-refractivity contribution in [1.29, 1.82) is 0 Å². The van der Waals surface area contributed by atoms with Crippen LogP contribution in [0.25, 0.3) is 0 Å². The van der Waals surface area contributed by atoms with Gasteiger partial charge in [-0.3, -0.25) is 4.79 Å². The van der Waals surface area contributed by atoms with Gasteiger partial charge >= 0.3 is 0 Å². The number of ether oxygens (including phenoxy) is 1. The number of likely N-dealkylation sites (tertiary alicyclic amines) is 1. The fraction of sp³-hybridized carbons (Fsp3) is 0.421. The summed E-state index contributed by atoms with van der Waals surface area (Å²) in [6, 6.07) is 11.3. The van der Waals surface area contributed by atoms with Gasteiger partial charge in [-0.2, -0.15) is 5.10 Å². The first-order valence-corrected chi connectivity index (χ1v) is 8.63. The first-order valence-electron chi connectivity index (χ1n) is 8.63. The first kappa shape index (κ1) is 17.2. The van der Waals surface area contributed by atoms with Gasteiger partial charge < -0.3 is 15.0 Å². The Morgan fingerprint density at radius 2 is 2.20 bits per heavy atom. The Kier molecular flexibility index (Phi) is 5.48. The normalized spacial score (nSPS) is 17.2. The van der Waals surface area contributed by atoms with Gasteiger partial charge in [0.1, 0.15) is 11.6 Å². The first-order chi connectivity index (χ1) is 12.2. The van der Waals surface area contributed by atoms with Crippen molar-refractivity contribution in [2.45, 2.75) is 19.3 Å². The summed E-state index contributed by atoms with van der Waals surface area (Å²) in [7, 11) is 3.44. The molecule has 1 aliphatic rings. The number of nitrogens with zero attached hydrogens (tertiary/aromatic N) is 3. The molecule has 0 bridgehead atoms. The molecule has 1 aromatic heterocycles. The third-order valence-corrected chi connectivity index (χ3v) is 4.60. The SMILES string of the molecule is CNc1ccc(C[C@@H]2CCCN(C(=O)c3cccc(OC)c3)C2)nn1. The molecule has 1 atom stereocenters. The number of benzene rings is 1. The van der Waals surface area contributed by atoms with Crippen molar-refractivity contribution in [2.75, 3.05) is 32.6 Å². The number of hydrogen-bond acceptors (Lipinski definition) is 5. The lowest BCUT2D eigenvalue weighted by molar-refractivity contribution is 0.0672. The molecule has 2 aromatic rings. The quantitative estimate of drug-likeness (QED) is 0.906. The van der Waals surface area contributed by atoms with E-state index in [9.17, 15) is 4.79 Å². The maximum absolute atomic E-state index is 12.8. The smallest absolute Gasteiger partial charge is 0.253 e. The zero-order chi connectivity index (χ0) is 17.6. The van der Waals surface area contributed by atoms with E-state index in [0.717, 1.165) is 43.9 Å². The van der Waals surface area contributed by atoms with Gasteiger partial charge in [0.2, 0.25) is 0 Å². The van der Waals surface area contributed by atoms with Crippen LogP contribution in [-0.4, -0.2) is 48.3 Å². The van der Waals surface area contributed by atoms with E-state index in [1.807, 2.05) is 42.3 Å². The molecule has 1 aromatic carbocycles. The number of nitrogens with one attached hydrogen (secondary N) is 1. The molecule has 0 spiro atoms. The van der Waals surface area contributed by atoms with Crippen LogP contribution in [0.5, 0.6) is 5.75 Å². The maximum Gasteiger partial charge on any atom is 0.253 e. The number of amides is 1. The summed E-state index contributed by atoms with van der Waals surface area (Å²) in [5, 5.41) is 11.4. The highest BCUT2D eigenvalue weighted by molar-refractivity contribution is 5.94. The maximum atomic E-state index is 12.8. The topological polar surface area (TPSA) is 67.4 Å². The van der Waals surface area contributed by atoms with Gasteiger partial charge in [0.25, 0.3) is 5.91 Å². The Morgan fingerprint density at radius 3 is 2.92 bits per heavy atom. The predicted octanol–water partition coefficient (Wildman–Crippen LogP) is 2.62. The van der Waals surface area contributed by atoms with Crippen LogP contribution in [0.3, 0.4) is 0 Å². The van der Waals surface area contributed by atoms with Crippen LogP contribution >= 0.6 is 0 Å². The molecule has 0 aliphatic carbocycles. The fourth-order valence-corrected chi connectivity index (χ4v) is 3.25. The average molecular weight is 340 g/mol. The minimum Gasteiger partial charge on any atom is -0.497 e. The Morgan fingerprint density at radius 1 is 1.32 bits per heavy atom. The summed E-state index contributed by atoms with van der Waals surface area (Å²) < 4.78 is 5.22. The number of aromatic nitrogens is 2. The zero-order valence-corrected chi connectivity index (χ0v) is 14.7. The number of carbonyl (C=O) groups excluding carboxylic acids is 1. The third-order valence-electron chi connectivity index (χ3n) is 4.60. The lowest BCUT2D eigenvalue weighted by atomic mass is 9.93. The monoisotopic (exact) mass is 340 g/mol. The van der Waals surface area contributed by atoms with Crippen molar-refractivity contribution >= 4 is 11.7 Å². The molecule has 6 nitrogen and oxygen atoms in total. The van der Waals surface area contributed by atoms with E-state index in [0.29, 0.717) is 17.2 Å². The molecule has 3 rings (SSSR count). The number of methoxy groups -OCH3 is 1. The van der Waals surface area contributed by atoms with Gasteiger partial charge in [-0.05, 0) is 55.5 Å². The van der Waals surface area contributed by atoms with Crippen LogP contribution in [0.1, 0.15) is 28.9 Å². The lowest BCUT2D eigenvalue weighted by Gasteiger charge is -2.32. The molecule has 0 saturated carbocycles. The third kappa shape index (κ3) is 4.26. The Labute approximate surface area is 148 Å². The Hall–Kier alpha value is -2.63. The summed E-state index contributed by atoms with van der Waals surface area (Å²) in [4.78, 5) is 14.7. The number of carbonyl (C=O) groups is 1. The van der Waals surface area contributed by atoms with Gasteiger partial charge in [0, 0.05) is 25.7 Å². The van der Waals surface area contributed by atoms with E-state index in [4.69, 9.17) is 4.74 Å². The molecule has 1 amide bonds. The fourth-order valence-electron chi connectivity index (χ4n) is 3.25. The largest absolute Gasteiger partial charge is 0.497 e. The molecule has 0 unspecified atom stereocenters. The van der Waals surface area contributed by atoms with Gasteiger partial charge in [-0.1, -0.05) is 6.07 Å². The number of anilines is 1. The summed E-state index contributed by atoms with van der Waals surface area (Å²) in [6.07, 6.45) is 2.97. The van der Waals surface area contributed by atoms with E-state index in [2.05, 4.69) is 15.5 Å². The molecular formula is C19H24N4O2. The van der Waals surface area contributed by atoms with Crippen LogP contribution in [0.15, 0.2) is 36.4 Å². The molecular weight excluding hydrogens is 316 g/mol. The molecule has 132 valence electrons. The summed E-state index contributed by atoms with van der Waals surface area (Å²) in [5.41, 5.74) is 1.65. The average Bonchev–Trinajstić information content (AvgIpc) is 2.68. The molecule has 2 heterocycles. The Balaban J connectivity index is 1.64. The van der Waals surface area contributed by atoms with Gasteiger partial charge in [0.05, 0.1) is 12.8 Å². The van der Waals surface area contributed by atoms with Gasteiger partial charge in [0.15, 0.2) is 0 Å². The van der Waals surface area contributed by atoms with Crippen molar-refractivity contribution in [3.8, 4) is 5.75 Å². The van der Waals surface area contributed by atoms with E-state index < -0.39 is 0 Å². The van der Waals surface area contributed by atoms with Crippen LogP contribution in [0.4, 0.5) is 5.82 Å². The number of hydrogen-bond donors (Lipinski definition) is 1. The summed E-state index contributed by atoms with van der Waals surface area (Å²) in [6.45, 7) is 1.56. The summed E-state index contributed by atoms with van der Waals surface area (Å²) in [5.74, 6) is 1.96. The minimum atomic E-state index is 0.0696. The van der Waals surface area contributed by atoms with Crippen LogP contribution in [0, 0.1) is 5.92 Å². The molecule has 0 radical (unpaired) electrons. The predicted molar refractivity (Wildman–Crippen MR) is 96.9 cm³/mol. The van der Waals surface area contributed by atoms with Crippen LogP contribution in [0.2, 0.25) is 0 Å². The van der Waals surface area contributed by atoms with E-state index in [-0.39, 0.29) is 5.91 Å². The second-order valence-electron chi connectivity index (χ2n) is 6.36. The van der Waals surface area contributed by atoms with E-state index >= 15 is 0 Å². The van der Waals surface area contributed by atoms with Gasteiger partial charge in [-0.15, -0.1) is 5.10 Å². The molecule has 6 heteroatoms. The Bertz CT molecular complexity index is 718. The summed E-state index contributed by atoms with van der Waals surface area (Å²) >= 11 is 0. The number of rotatable bonds is 5. The second-order valence-corrected chi connectivity index (χ2v) is 6.36. The minimum absolute atomic E-state index is 0.0696. The lowest BCUT2D eigenvalue weighted by Crippen LogP contribution is -2.40. The molecule has 1 aliphatic heterocycles. The van der Waals surface area contributed by atoms with Crippen LogP contribution in [-0.2, 0) is 6.42 Å². The number of piperidine rings is 1. The van der Waals surface area contributed by atoms with Crippen molar-refractivity contribution in [1.82, 2.24) is 15.1 Å². The highest BCUT2D eigenvalue weighted by Gasteiger charge is 2.25. The van der Waals surface area contributed by atoms with Crippen LogP contribution < -0.4 is 10.1 Å². The molecule has 1 saturated heterocycles. The van der Waals surface area contributed by atoms with Crippen molar-refractivity contribution in [2.24, 2.45) is 5.92 Å². The van der Waals surface area contributed by atoms with E-state index in [1.165, 1.54) is 0 Å². The highest BCUT2D eigenvalue weighted by atomic mass is 16.5. The molecule has 25 heavy (non-hydrogen) atoms. The van der Waals surface area contributed by atoms with Gasteiger partial charge in [-0.25, -0.2) is 0 Å².